The molecule has 2 N–H and O–H groups in total. The maximum atomic E-state index is 13.2. The Morgan fingerprint density at radius 3 is 2.36 bits per heavy atom. The number of benzene rings is 3. The van der Waals surface area contributed by atoms with Crippen LogP contribution in [0.25, 0.3) is 0 Å². The second-order valence-electron chi connectivity index (χ2n) is 5.73. The summed E-state index contributed by atoms with van der Waals surface area (Å²) in [5, 5.41) is 2.78. The van der Waals surface area contributed by atoms with Gasteiger partial charge in [-0.3, -0.25) is 9.52 Å². The van der Waals surface area contributed by atoms with Crippen LogP contribution in [-0.2, 0) is 10.0 Å². The molecule has 0 aromatic heterocycles. The quantitative estimate of drug-likeness (QED) is 0.575. The van der Waals surface area contributed by atoms with Crippen molar-refractivity contribution in [2.24, 2.45) is 0 Å². The van der Waals surface area contributed by atoms with Crippen LogP contribution in [0.1, 0.15) is 10.4 Å². The lowest BCUT2D eigenvalue weighted by atomic mass is 10.2. The molecule has 0 spiro atoms. The lowest BCUT2D eigenvalue weighted by Gasteiger charge is -2.10. The van der Waals surface area contributed by atoms with Crippen LogP contribution in [0.2, 0.25) is 10.0 Å². The Hall–Kier alpha value is -2.61. The van der Waals surface area contributed by atoms with Gasteiger partial charge in [-0.1, -0.05) is 35.3 Å². The summed E-state index contributed by atoms with van der Waals surface area (Å²) in [6.45, 7) is 0. The predicted octanol–water partition coefficient (Wildman–Crippen LogP) is 5.19. The Morgan fingerprint density at radius 1 is 0.893 bits per heavy atom. The van der Waals surface area contributed by atoms with Crippen molar-refractivity contribution in [3.05, 3.63) is 88.2 Å². The molecule has 0 aliphatic rings. The van der Waals surface area contributed by atoms with Crippen molar-refractivity contribution < 1.29 is 17.6 Å². The first-order valence-corrected chi connectivity index (χ1v) is 10.1. The topological polar surface area (TPSA) is 75.3 Å². The van der Waals surface area contributed by atoms with Gasteiger partial charge in [0.1, 0.15) is 5.82 Å². The van der Waals surface area contributed by atoms with E-state index < -0.39 is 21.7 Å². The summed E-state index contributed by atoms with van der Waals surface area (Å²) in [7, 11) is -3.93. The molecule has 28 heavy (non-hydrogen) atoms. The molecule has 3 rings (SSSR count). The van der Waals surface area contributed by atoms with Crippen LogP contribution in [0.4, 0.5) is 15.8 Å². The van der Waals surface area contributed by atoms with Crippen LogP contribution >= 0.6 is 23.2 Å². The van der Waals surface area contributed by atoms with E-state index in [9.17, 15) is 17.6 Å². The molecule has 0 heterocycles. The van der Waals surface area contributed by atoms with Gasteiger partial charge in [0, 0.05) is 16.3 Å². The van der Waals surface area contributed by atoms with Crippen molar-refractivity contribution in [3.63, 3.8) is 0 Å². The average molecular weight is 439 g/mol. The largest absolute Gasteiger partial charge is 0.322 e. The molecule has 0 aliphatic carbocycles. The highest BCUT2D eigenvalue weighted by atomic mass is 35.5. The van der Waals surface area contributed by atoms with Crippen LogP contribution in [0.5, 0.6) is 0 Å². The van der Waals surface area contributed by atoms with Crippen molar-refractivity contribution in [2.75, 3.05) is 10.0 Å². The number of hydrogen-bond acceptors (Lipinski definition) is 3. The van der Waals surface area contributed by atoms with Crippen molar-refractivity contribution in [1.82, 2.24) is 0 Å². The summed E-state index contributed by atoms with van der Waals surface area (Å²) in [6.07, 6.45) is 0. The molecule has 9 heteroatoms. The molecule has 5 nitrogen and oxygen atoms in total. The number of amides is 1. The van der Waals surface area contributed by atoms with E-state index >= 15 is 0 Å². The van der Waals surface area contributed by atoms with E-state index in [4.69, 9.17) is 23.2 Å². The molecule has 0 saturated heterocycles. The van der Waals surface area contributed by atoms with Gasteiger partial charge in [0.2, 0.25) is 0 Å². The first-order chi connectivity index (χ1) is 13.2. The summed E-state index contributed by atoms with van der Waals surface area (Å²) < 4.78 is 40.8. The monoisotopic (exact) mass is 438 g/mol. The lowest BCUT2D eigenvalue weighted by Crippen LogP contribution is -2.16. The summed E-state index contributed by atoms with van der Waals surface area (Å²) in [6, 6.07) is 15.5. The zero-order valence-electron chi connectivity index (χ0n) is 14.1. The molecular formula is C19H13Cl2FN2O3S. The van der Waals surface area contributed by atoms with Crippen molar-refractivity contribution in [2.45, 2.75) is 4.90 Å². The van der Waals surface area contributed by atoms with Gasteiger partial charge >= 0.3 is 0 Å². The highest BCUT2D eigenvalue weighted by molar-refractivity contribution is 7.92. The SMILES string of the molecule is O=C(Nc1ccc(F)c(Cl)c1)c1cccc(S(=O)(=O)Nc2cccc(Cl)c2)c1. The summed E-state index contributed by atoms with van der Waals surface area (Å²) in [5.74, 6) is -1.18. The van der Waals surface area contributed by atoms with E-state index in [1.54, 1.807) is 18.2 Å². The minimum atomic E-state index is -3.93. The average Bonchev–Trinajstić information content (AvgIpc) is 2.64. The first kappa shape index (κ1) is 20.1. The van der Waals surface area contributed by atoms with Crippen LogP contribution in [0.3, 0.4) is 0 Å². The number of anilines is 2. The van der Waals surface area contributed by atoms with Crippen molar-refractivity contribution >= 4 is 50.5 Å². The molecule has 0 saturated carbocycles. The molecule has 0 unspecified atom stereocenters. The zero-order valence-corrected chi connectivity index (χ0v) is 16.4. The normalized spacial score (nSPS) is 11.1. The minimum Gasteiger partial charge on any atom is -0.322 e. The molecule has 0 aliphatic heterocycles. The third kappa shape index (κ3) is 4.81. The standard InChI is InChI=1S/C19H13Cl2FN2O3S/c20-13-4-2-5-15(10-13)24-28(26,27)16-6-1-3-12(9-16)19(25)23-14-7-8-18(22)17(21)11-14/h1-11,24H,(H,23,25). The van der Waals surface area contributed by atoms with Gasteiger partial charge in [-0.15, -0.1) is 0 Å². The Bertz CT molecular complexity index is 1150. The molecule has 3 aromatic rings. The molecule has 0 bridgehead atoms. The van der Waals surface area contributed by atoms with E-state index in [1.165, 1.54) is 42.5 Å². The van der Waals surface area contributed by atoms with Gasteiger partial charge in [-0.25, -0.2) is 12.8 Å². The van der Waals surface area contributed by atoms with Crippen LogP contribution in [0, 0.1) is 5.82 Å². The van der Waals surface area contributed by atoms with Crippen LogP contribution in [0.15, 0.2) is 71.6 Å². The molecule has 144 valence electrons. The highest BCUT2D eigenvalue weighted by Crippen LogP contribution is 2.22. The van der Waals surface area contributed by atoms with E-state index in [1.807, 2.05) is 0 Å². The van der Waals surface area contributed by atoms with Crippen molar-refractivity contribution in [1.29, 1.82) is 0 Å². The van der Waals surface area contributed by atoms with E-state index in [0.29, 0.717) is 10.7 Å². The predicted molar refractivity (Wildman–Crippen MR) is 108 cm³/mol. The van der Waals surface area contributed by atoms with E-state index in [0.717, 1.165) is 6.07 Å². The number of halogens is 3. The minimum absolute atomic E-state index is 0.0998. The van der Waals surface area contributed by atoms with Gasteiger partial charge in [-0.2, -0.15) is 0 Å². The lowest BCUT2D eigenvalue weighted by molar-refractivity contribution is 0.102. The Balaban J connectivity index is 1.82. The third-order valence-corrected chi connectivity index (χ3v) is 5.56. The third-order valence-electron chi connectivity index (χ3n) is 3.66. The smallest absolute Gasteiger partial charge is 0.261 e. The molecule has 3 aromatic carbocycles. The number of sulfonamides is 1. The first-order valence-electron chi connectivity index (χ1n) is 7.89. The maximum Gasteiger partial charge on any atom is 0.261 e. The molecular weight excluding hydrogens is 426 g/mol. The second kappa shape index (κ2) is 8.18. The number of carbonyl (C=O) groups excluding carboxylic acids is 1. The fourth-order valence-electron chi connectivity index (χ4n) is 2.35. The van der Waals surface area contributed by atoms with Crippen molar-refractivity contribution in [3.8, 4) is 0 Å². The summed E-state index contributed by atoms with van der Waals surface area (Å²) in [5.41, 5.74) is 0.680. The van der Waals surface area contributed by atoms with Gasteiger partial charge in [-0.05, 0) is 54.6 Å². The maximum absolute atomic E-state index is 13.2. The van der Waals surface area contributed by atoms with Crippen LogP contribution in [-0.4, -0.2) is 14.3 Å². The molecule has 0 atom stereocenters. The van der Waals surface area contributed by atoms with Gasteiger partial charge in [0.05, 0.1) is 15.6 Å². The zero-order chi connectivity index (χ0) is 20.3. The fourth-order valence-corrected chi connectivity index (χ4v) is 3.81. The fraction of sp³-hybridized carbons (Fsp3) is 0. The Kier molecular flexibility index (Phi) is 5.88. The Morgan fingerprint density at radius 2 is 1.64 bits per heavy atom. The highest BCUT2D eigenvalue weighted by Gasteiger charge is 2.17. The summed E-state index contributed by atoms with van der Waals surface area (Å²) >= 11 is 11.6. The van der Waals surface area contributed by atoms with Crippen LogP contribution < -0.4 is 10.0 Å². The number of carbonyl (C=O) groups is 1. The van der Waals surface area contributed by atoms with Gasteiger partial charge in [0.15, 0.2) is 0 Å². The molecule has 1 amide bonds. The number of nitrogens with one attached hydrogen (secondary N) is 2. The van der Waals surface area contributed by atoms with Gasteiger partial charge < -0.3 is 5.32 Å². The number of rotatable bonds is 5. The summed E-state index contributed by atoms with van der Waals surface area (Å²) in [4.78, 5) is 12.3. The van der Waals surface area contributed by atoms with Gasteiger partial charge in [0.25, 0.3) is 15.9 Å². The second-order valence-corrected chi connectivity index (χ2v) is 8.25. The Labute approximate surface area is 171 Å². The molecule has 0 fully saturated rings. The van der Waals surface area contributed by atoms with E-state index in [-0.39, 0.29) is 21.2 Å². The molecule has 0 radical (unpaired) electrons. The van der Waals surface area contributed by atoms with E-state index in [2.05, 4.69) is 10.0 Å². The number of hydrogen-bond donors (Lipinski definition) is 2.